The van der Waals surface area contributed by atoms with Gasteiger partial charge in [-0.2, -0.15) is 0 Å². The molecule has 25 heavy (non-hydrogen) atoms. The van der Waals surface area contributed by atoms with Crippen LogP contribution < -0.4 is 11.1 Å². The van der Waals surface area contributed by atoms with Gasteiger partial charge in [0.1, 0.15) is 0 Å². The van der Waals surface area contributed by atoms with Gasteiger partial charge in [-0.15, -0.1) is 0 Å². The van der Waals surface area contributed by atoms with Crippen LogP contribution in [-0.2, 0) is 13.3 Å². The lowest BCUT2D eigenvalue weighted by Crippen LogP contribution is -2.47. The Morgan fingerprint density at radius 2 is 1.16 bits per heavy atom. The molecule has 0 aliphatic carbocycles. The highest BCUT2D eigenvalue weighted by atomic mass is 28.4. The molecule has 3 N–H and O–H groups in total. The van der Waals surface area contributed by atoms with E-state index in [1.165, 1.54) is 0 Å². The van der Waals surface area contributed by atoms with Crippen molar-refractivity contribution in [3.63, 3.8) is 0 Å². The summed E-state index contributed by atoms with van der Waals surface area (Å²) < 4.78 is 18.8. The number of hydrogen-bond donors (Lipinski definition) is 2. The molecule has 0 radical (unpaired) electrons. The van der Waals surface area contributed by atoms with E-state index in [1.54, 1.807) is 0 Å². The van der Waals surface area contributed by atoms with Gasteiger partial charge in [0, 0.05) is 25.9 Å². The third-order valence-electron chi connectivity index (χ3n) is 4.10. The molecule has 0 unspecified atom stereocenters. The first-order valence-corrected chi connectivity index (χ1v) is 12.5. The number of unbranched alkanes of at least 4 members (excludes halogenated alkanes) is 4. The topological polar surface area (TPSA) is 65.7 Å². The second kappa shape index (κ2) is 18.8. The minimum Gasteiger partial charge on any atom is -0.373 e. The number of hydrogen-bond acceptors (Lipinski definition) is 5. The van der Waals surface area contributed by atoms with E-state index in [0.717, 1.165) is 103 Å². The van der Waals surface area contributed by atoms with Gasteiger partial charge in [-0.25, -0.2) is 0 Å². The second-order valence-corrected chi connectivity index (χ2v) is 9.37. The standard InChI is InChI=1S/C19H44N2O3Si/c1-4-7-16-22-25(23-17-8-5-2,24-18-9-6-3)19-12-15-21-14-11-10-13-20/h21H,4-20H2,1-3H3. The molecule has 0 amide bonds. The SMILES string of the molecule is CCCCO[Si](CCCNCCCCN)(OCCCC)OCCCC. The summed E-state index contributed by atoms with van der Waals surface area (Å²) in [4.78, 5) is 0. The number of rotatable bonds is 20. The normalized spacial score (nSPS) is 12.0. The molecule has 5 nitrogen and oxygen atoms in total. The third kappa shape index (κ3) is 14.8. The maximum Gasteiger partial charge on any atom is 0.501 e. The molecule has 152 valence electrons. The number of nitrogens with one attached hydrogen (secondary N) is 1. The van der Waals surface area contributed by atoms with E-state index >= 15 is 0 Å². The zero-order valence-corrected chi connectivity index (χ0v) is 18.1. The van der Waals surface area contributed by atoms with Gasteiger partial charge in [0.15, 0.2) is 0 Å². The van der Waals surface area contributed by atoms with Crippen LogP contribution in [0.1, 0.15) is 78.6 Å². The number of nitrogens with two attached hydrogens (primary N) is 1. The highest BCUT2D eigenvalue weighted by Gasteiger charge is 2.40. The Hall–Kier alpha value is 0.0169. The minimum atomic E-state index is -2.54. The lowest BCUT2D eigenvalue weighted by atomic mass is 10.3. The molecule has 0 aromatic rings. The van der Waals surface area contributed by atoms with E-state index in [2.05, 4.69) is 26.1 Å². The van der Waals surface area contributed by atoms with Gasteiger partial charge in [0.2, 0.25) is 0 Å². The van der Waals surface area contributed by atoms with E-state index < -0.39 is 8.80 Å². The van der Waals surface area contributed by atoms with Gasteiger partial charge >= 0.3 is 8.80 Å². The molecule has 0 aliphatic heterocycles. The van der Waals surface area contributed by atoms with Crippen LogP contribution in [0.3, 0.4) is 0 Å². The molecule has 0 aliphatic rings. The molecule has 0 saturated carbocycles. The molecule has 6 heteroatoms. The summed E-state index contributed by atoms with van der Waals surface area (Å²) in [6.45, 7) is 11.6. The van der Waals surface area contributed by atoms with Crippen molar-refractivity contribution in [3.05, 3.63) is 0 Å². The van der Waals surface area contributed by atoms with Gasteiger partial charge in [-0.3, -0.25) is 0 Å². The Balaban J connectivity index is 4.43. The van der Waals surface area contributed by atoms with Crippen LogP contribution >= 0.6 is 0 Å². The summed E-state index contributed by atoms with van der Waals surface area (Å²) in [5.41, 5.74) is 5.53. The predicted molar refractivity (Wildman–Crippen MR) is 109 cm³/mol. The van der Waals surface area contributed by atoms with E-state index in [-0.39, 0.29) is 0 Å². The van der Waals surface area contributed by atoms with Crippen molar-refractivity contribution in [2.45, 2.75) is 84.6 Å². The monoisotopic (exact) mass is 376 g/mol. The van der Waals surface area contributed by atoms with Crippen LogP contribution in [0.15, 0.2) is 0 Å². The molecule has 0 aromatic carbocycles. The summed E-state index contributed by atoms with van der Waals surface area (Å²) in [5, 5.41) is 3.49. The van der Waals surface area contributed by atoms with Crippen LogP contribution in [-0.4, -0.2) is 48.3 Å². The lowest BCUT2D eigenvalue weighted by Gasteiger charge is -2.30. The van der Waals surface area contributed by atoms with Gasteiger partial charge in [-0.05, 0) is 58.2 Å². The van der Waals surface area contributed by atoms with Crippen molar-refractivity contribution < 1.29 is 13.3 Å². The maximum absolute atomic E-state index is 6.26. The van der Waals surface area contributed by atoms with Crippen molar-refractivity contribution in [1.82, 2.24) is 5.32 Å². The summed E-state index contributed by atoms with van der Waals surface area (Å²) in [6.07, 6.45) is 9.89. The van der Waals surface area contributed by atoms with E-state index in [9.17, 15) is 0 Å². The Kier molecular flexibility index (Phi) is 18.8. The molecule has 0 bridgehead atoms. The molecule has 0 saturated heterocycles. The Labute approximate surface area is 157 Å². The fraction of sp³-hybridized carbons (Fsp3) is 1.00. The Bertz CT molecular complexity index is 245. The average Bonchev–Trinajstić information content (AvgIpc) is 2.61. The molecule has 0 heterocycles. The Morgan fingerprint density at radius 3 is 1.60 bits per heavy atom. The van der Waals surface area contributed by atoms with E-state index in [1.807, 2.05) is 0 Å². The van der Waals surface area contributed by atoms with E-state index in [0.29, 0.717) is 0 Å². The molecular formula is C19H44N2O3Si. The van der Waals surface area contributed by atoms with E-state index in [4.69, 9.17) is 19.0 Å². The van der Waals surface area contributed by atoms with Crippen molar-refractivity contribution in [3.8, 4) is 0 Å². The lowest BCUT2D eigenvalue weighted by molar-refractivity contribution is 0.0558. The minimum absolute atomic E-state index is 0.755. The molecule has 0 spiro atoms. The van der Waals surface area contributed by atoms with Gasteiger partial charge in [-0.1, -0.05) is 40.0 Å². The maximum atomic E-state index is 6.26. The first kappa shape index (κ1) is 25.0. The van der Waals surface area contributed by atoms with Crippen molar-refractivity contribution in [1.29, 1.82) is 0 Å². The van der Waals surface area contributed by atoms with Crippen LogP contribution in [0.5, 0.6) is 0 Å². The van der Waals surface area contributed by atoms with Crippen LogP contribution in [0.2, 0.25) is 6.04 Å². The summed E-state index contributed by atoms with van der Waals surface area (Å²) >= 11 is 0. The van der Waals surface area contributed by atoms with Crippen LogP contribution in [0.4, 0.5) is 0 Å². The third-order valence-corrected chi connectivity index (χ3v) is 7.00. The largest absolute Gasteiger partial charge is 0.501 e. The van der Waals surface area contributed by atoms with Crippen molar-refractivity contribution in [2.75, 3.05) is 39.5 Å². The highest BCUT2D eigenvalue weighted by Crippen LogP contribution is 2.20. The molecular weight excluding hydrogens is 332 g/mol. The zero-order valence-electron chi connectivity index (χ0n) is 17.1. The first-order valence-electron chi connectivity index (χ1n) is 10.6. The predicted octanol–water partition coefficient (Wildman–Crippen LogP) is 4.09. The molecule has 0 aromatic heterocycles. The fourth-order valence-electron chi connectivity index (χ4n) is 2.41. The summed E-state index contributed by atoms with van der Waals surface area (Å²) in [6, 6.07) is 0.911. The average molecular weight is 377 g/mol. The van der Waals surface area contributed by atoms with Crippen molar-refractivity contribution >= 4 is 8.80 Å². The highest BCUT2D eigenvalue weighted by molar-refractivity contribution is 6.60. The molecule has 0 rings (SSSR count). The second-order valence-electron chi connectivity index (χ2n) is 6.64. The summed E-state index contributed by atoms with van der Waals surface area (Å²) in [5.74, 6) is 0. The van der Waals surface area contributed by atoms with Gasteiger partial charge in [0.05, 0.1) is 0 Å². The molecule has 0 fully saturated rings. The van der Waals surface area contributed by atoms with Crippen molar-refractivity contribution in [2.24, 2.45) is 5.73 Å². The smallest absolute Gasteiger partial charge is 0.373 e. The quantitative estimate of drug-likeness (QED) is 0.247. The van der Waals surface area contributed by atoms with Crippen LogP contribution in [0, 0.1) is 0 Å². The van der Waals surface area contributed by atoms with Gasteiger partial charge in [0.25, 0.3) is 0 Å². The van der Waals surface area contributed by atoms with Gasteiger partial charge < -0.3 is 24.3 Å². The summed E-state index contributed by atoms with van der Waals surface area (Å²) in [7, 11) is -2.54. The zero-order chi connectivity index (χ0) is 18.6. The first-order chi connectivity index (χ1) is 12.2. The Morgan fingerprint density at radius 1 is 0.680 bits per heavy atom. The van der Waals surface area contributed by atoms with Crippen LogP contribution in [0.25, 0.3) is 0 Å². The fourth-order valence-corrected chi connectivity index (χ4v) is 5.07. The molecule has 0 atom stereocenters.